The minimum Gasteiger partial charge on any atom is -0.313 e. The van der Waals surface area contributed by atoms with Crippen molar-refractivity contribution in [3.05, 3.63) is 29.4 Å². The highest BCUT2D eigenvalue weighted by atomic mass is 35.5. The minimum absolute atomic E-state index is 0. The Morgan fingerprint density at radius 1 is 1.18 bits per heavy atom. The fourth-order valence-corrected chi connectivity index (χ4v) is 4.57. The molecule has 0 amide bonds. The molecule has 3 rings (SSSR count). The van der Waals surface area contributed by atoms with Crippen LogP contribution in [0.4, 0.5) is 0 Å². The zero-order valence-corrected chi connectivity index (χ0v) is 14.2. The van der Waals surface area contributed by atoms with Crippen LogP contribution in [0.3, 0.4) is 0 Å². The molecule has 0 bridgehead atoms. The molecule has 1 aromatic heterocycles. The molecule has 1 unspecified atom stereocenters. The lowest BCUT2D eigenvalue weighted by molar-refractivity contribution is 0.423. The Morgan fingerprint density at radius 3 is 2.50 bits per heavy atom. The summed E-state index contributed by atoms with van der Waals surface area (Å²) >= 11 is 6.03. The summed E-state index contributed by atoms with van der Waals surface area (Å²) in [5, 5.41) is 3.06. The minimum atomic E-state index is -3.55. The highest BCUT2D eigenvalue weighted by Crippen LogP contribution is 2.23. The van der Waals surface area contributed by atoms with Gasteiger partial charge in [-0.1, -0.05) is 30.2 Å². The van der Waals surface area contributed by atoms with E-state index in [2.05, 4.69) is 15.3 Å². The average molecular weight is 362 g/mol. The van der Waals surface area contributed by atoms with Crippen molar-refractivity contribution in [3.8, 4) is 0 Å². The molecule has 2 aromatic rings. The van der Waals surface area contributed by atoms with Gasteiger partial charge < -0.3 is 5.32 Å². The predicted molar refractivity (Wildman–Crippen MR) is 89.5 cm³/mol. The molecule has 5 nitrogen and oxygen atoms in total. The number of piperidine rings is 1. The fourth-order valence-electron chi connectivity index (χ4n) is 2.57. The van der Waals surface area contributed by atoms with Gasteiger partial charge in [0.25, 0.3) is 0 Å². The van der Waals surface area contributed by atoms with Crippen molar-refractivity contribution in [2.24, 2.45) is 0 Å². The van der Waals surface area contributed by atoms with Gasteiger partial charge in [0, 0.05) is 6.04 Å². The largest absolute Gasteiger partial charge is 0.313 e. The van der Waals surface area contributed by atoms with Crippen molar-refractivity contribution < 1.29 is 8.42 Å². The van der Waals surface area contributed by atoms with Crippen LogP contribution >= 0.6 is 24.0 Å². The van der Waals surface area contributed by atoms with E-state index in [1.807, 2.05) is 6.07 Å². The molecule has 8 heteroatoms. The van der Waals surface area contributed by atoms with Crippen LogP contribution in [0, 0.1) is 0 Å². The molecule has 0 spiro atoms. The van der Waals surface area contributed by atoms with Crippen LogP contribution in [0.1, 0.15) is 19.3 Å². The van der Waals surface area contributed by atoms with Crippen LogP contribution < -0.4 is 5.32 Å². The molecule has 2 heterocycles. The third kappa shape index (κ3) is 3.68. The van der Waals surface area contributed by atoms with E-state index < -0.39 is 9.84 Å². The molecule has 22 heavy (non-hydrogen) atoms. The number of hydrogen-bond donors (Lipinski definition) is 1. The standard InChI is InChI=1S/C14H16ClN3O2S.ClH/c15-13-14(18-12-7-2-1-6-11(12)17-13)21(19,20)9-10-5-3-4-8-16-10;/h1-2,6-7,10,16H,3-5,8-9H2;1H. The number of benzene rings is 1. The van der Waals surface area contributed by atoms with Crippen LogP contribution in [0.5, 0.6) is 0 Å². The summed E-state index contributed by atoms with van der Waals surface area (Å²) in [4.78, 5) is 8.34. The highest BCUT2D eigenvalue weighted by molar-refractivity contribution is 7.91. The van der Waals surface area contributed by atoms with E-state index in [1.54, 1.807) is 18.2 Å². The van der Waals surface area contributed by atoms with E-state index in [4.69, 9.17) is 11.6 Å². The average Bonchev–Trinajstić information content (AvgIpc) is 2.47. The number of aromatic nitrogens is 2. The van der Waals surface area contributed by atoms with Gasteiger partial charge in [0.05, 0.1) is 16.8 Å². The molecule has 120 valence electrons. The normalized spacial score (nSPS) is 18.9. The molecule has 1 N–H and O–H groups in total. The summed E-state index contributed by atoms with van der Waals surface area (Å²) in [6.45, 7) is 0.858. The number of hydrogen-bond acceptors (Lipinski definition) is 5. The monoisotopic (exact) mass is 361 g/mol. The molecule has 1 fully saturated rings. The van der Waals surface area contributed by atoms with E-state index in [-0.39, 0.29) is 34.4 Å². The van der Waals surface area contributed by atoms with Crippen molar-refractivity contribution in [1.29, 1.82) is 0 Å². The second kappa shape index (κ2) is 7.08. The van der Waals surface area contributed by atoms with Crippen LogP contribution in [-0.4, -0.2) is 36.7 Å². The van der Waals surface area contributed by atoms with E-state index in [9.17, 15) is 8.42 Å². The van der Waals surface area contributed by atoms with Crippen molar-refractivity contribution in [1.82, 2.24) is 15.3 Å². The number of nitrogens with one attached hydrogen (secondary N) is 1. The SMILES string of the molecule is Cl.O=S(=O)(CC1CCCCN1)c1nc2ccccc2nc1Cl. The smallest absolute Gasteiger partial charge is 0.200 e. The van der Waals surface area contributed by atoms with Gasteiger partial charge in [0.1, 0.15) is 0 Å². The Balaban J connectivity index is 0.00000176. The van der Waals surface area contributed by atoms with E-state index >= 15 is 0 Å². The third-order valence-corrected chi connectivity index (χ3v) is 5.72. The van der Waals surface area contributed by atoms with Gasteiger partial charge in [0.15, 0.2) is 20.0 Å². The van der Waals surface area contributed by atoms with Gasteiger partial charge in [-0.2, -0.15) is 0 Å². The molecule has 1 atom stereocenters. The maximum absolute atomic E-state index is 12.5. The molecule has 1 saturated heterocycles. The van der Waals surface area contributed by atoms with Crippen LogP contribution in [0.2, 0.25) is 5.15 Å². The lowest BCUT2D eigenvalue weighted by atomic mass is 10.1. The molecule has 0 saturated carbocycles. The molecule has 0 radical (unpaired) electrons. The van der Waals surface area contributed by atoms with E-state index in [0.717, 1.165) is 25.8 Å². The summed E-state index contributed by atoms with van der Waals surface area (Å²) in [6.07, 6.45) is 3.00. The molecule has 1 aromatic carbocycles. The first kappa shape index (κ1) is 17.4. The zero-order valence-electron chi connectivity index (χ0n) is 11.8. The third-order valence-electron chi connectivity index (χ3n) is 3.63. The Bertz CT molecular complexity index is 762. The quantitative estimate of drug-likeness (QED) is 0.909. The number of para-hydroxylation sites is 2. The van der Waals surface area contributed by atoms with Crippen molar-refractivity contribution in [3.63, 3.8) is 0 Å². The molecule has 1 aliphatic rings. The lowest BCUT2D eigenvalue weighted by Gasteiger charge is -2.23. The first-order chi connectivity index (χ1) is 10.1. The van der Waals surface area contributed by atoms with Crippen LogP contribution in [-0.2, 0) is 9.84 Å². The van der Waals surface area contributed by atoms with Crippen molar-refractivity contribution in [2.75, 3.05) is 12.3 Å². The molecule has 0 aliphatic carbocycles. The molecule has 1 aliphatic heterocycles. The number of nitrogens with zero attached hydrogens (tertiary/aromatic N) is 2. The first-order valence-electron chi connectivity index (χ1n) is 6.95. The fraction of sp³-hybridized carbons (Fsp3) is 0.429. The van der Waals surface area contributed by atoms with Crippen molar-refractivity contribution >= 4 is 44.9 Å². The van der Waals surface area contributed by atoms with Gasteiger partial charge in [-0.25, -0.2) is 18.4 Å². The summed E-state index contributed by atoms with van der Waals surface area (Å²) in [5.74, 6) is 0.0136. The van der Waals surface area contributed by atoms with Gasteiger partial charge >= 0.3 is 0 Å². The van der Waals surface area contributed by atoms with Gasteiger partial charge in [-0.05, 0) is 31.5 Å². The van der Waals surface area contributed by atoms with Gasteiger partial charge in [-0.15, -0.1) is 12.4 Å². The number of sulfone groups is 1. The van der Waals surface area contributed by atoms with Gasteiger partial charge in [-0.3, -0.25) is 0 Å². The van der Waals surface area contributed by atoms with E-state index in [0.29, 0.717) is 11.0 Å². The second-order valence-corrected chi connectivity index (χ2v) is 7.54. The highest BCUT2D eigenvalue weighted by Gasteiger charge is 2.27. The number of fused-ring (bicyclic) bond motifs is 1. The summed E-state index contributed by atoms with van der Waals surface area (Å²) in [6, 6.07) is 7.06. The summed E-state index contributed by atoms with van der Waals surface area (Å²) < 4.78 is 25.1. The van der Waals surface area contributed by atoms with E-state index in [1.165, 1.54) is 0 Å². The zero-order chi connectivity index (χ0) is 14.9. The Hall–Kier alpha value is -0.950. The maximum atomic E-state index is 12.5. The predicted octanol–water partition coefficient (Wildman–Crippen LogP) is 2.62. The van der Waals surface area contributed by atoms with Gasteiger partial charge in [0.2, 0.25) is 0 Å². The summed E-state index contributed by atoms with van der Waals surface area (Å²) in [5.41, 5.74) is 1.13. The Labute approximate surface area is 140 Å². The summed E-state index contributed by atoms with van der Waals surface area (Å²) in [7, 11) is -3.55. The Morgan fingerprint density at radius 2 is 1.86 bits per heavy atom. The molecular formula is C14H17Cl2N3O2S. The maximum Gasteiger partial charge on any atom is 0.200 e. The number of halogens is 2. The lowest BCUT2D eigenvalue weighted by Crippen LogP contribution is -2.39. The van der Waals surface area contributed by atoms with Crippen LogP contribution in [0.15, 0.2) is 29.3 Å². The number of rotatable bonds is 3. The van der Waals surface area contributed by atoms with Crippen molar-refractivity contribution in [2.45, 2.75) is 30.3 Å². The topological polar surface area (TPSA) is 72.0 Å². The Kier molecular flexibility index (Phi) is 5.60. The second-order valence-electron chi connectivity index (χ2n) is 5.24. The first-order valence-corrected chi connectivity index (χ1v) is 8.98. The molecular weight excluding hydrogens is 345 g/mol. The van der Waals surface area contributed by atoms with Crippen LogP contribution in [0.25, 0.3) is 11.0 Å².